The first-order valence-corrected chi connectivity index (χ1v) is 6.55. The molecule has 0 rings (SSSR count). The zero-order chi connectivity index (χ0) is 14.0. The molecule has 0 spiro atoms. The molecule has 5 heteroatoms. The first-order valence-electron chi connectivity index (χ1n) is 6.55. The minimum atomic E-state index is -0.505. The highest BCUT2D eigenvalue weighted by molar-refractivity contribution is 4.58. The smallest absolute Gasteiger partial charge is 0.104 e. The van der Waals surface area contributed by atoms with Crippen molar-refractivity contribution in [3.8, 4) is 0 Å². The Kier molecular flexibility index (Phi) is 10.6. The van der Waals surface area contributed by atoms with Gasteiger partial charge in [0.2, 0.25) is 0 Å². The van der Waals surface area contributed by atoms with E-state index in [0.29, 0.717) is 25.7 Å². The van der Waals surface area contributed by atoms with Gasteiger partial charge < -0.3 is 24.4 Å². The molecule has 0 radical (unpaired) electrons. The highest BCUT2D eigenvalue weighted by Gasteiger charge is 2.12. The van der Waals surface area contributed by atoms with Gasteiger partial charge in [0.25, 0.3) is 0 Å². The van der Waals surface area contributed by atoms with Crippen molar-refractivity contribution in [1.82, 2.24) is 0 Å². The maximum absolute atomic E-state index is 9.18. The van der Waals surface area contributed by atoms with Gasteiger partial charge in [-0.1, -0.05) is 13.8 Å². The van der Waals surface area contributed by atoms with E-state index in [2.05, 4.69) is 13.8 Å². The van der Waals surface area contributed by atoms with Crippen LogP contribution in [-0.4, -0.2) is 61.6 Å². The Morgan fingerprint density at radius 3 is 1.67 bits per heavy atom. The molecular formula is C13H28O5. The summed E-state index contributed by atoms with van der Waals surface area (Å²) < 4.78 is 16.3. The Balaban J connectivity index is 3.84. The SMILES string of the molecule is CC(C)COCC(COCC(C)O)OCC(C)O. The van der Waals surface area contributed by atoms with E-state index >= 15 is 0 Å². The summed E-state index contributed by atoms with van der Waals surface area (Å²) in [7, 11) is 0. The molecule has 0 aliphatic heterocycles. The molecule has 3 atom stereocenters. The Morgan fingerprint density at radius 1 is 0.722 bits per heavy atom. The second-order valence-corrected chi connectivity index (χ2v) is 5.12. The lowest BCUT2D eigenvalue weighted by molar-refractivity contribution is -0.0885. The molecule has 110 valence electrons. The predicted molar refractivity (Wildman–Crippen MR) is 69.6 cm³/mol. The second kappa shape index (κ2) is 10.7. The molecular weight excluding hydrogens is 236 g/mol. The van der Waals surface area contributed by atoms with Gasteiger partial charge in [-0.2, -0.15) is 0 Å². The summed E-state index contributed by atoms with van der Waals surface area (Å²) in [5, 5.41) is 18.3. The summed E-state index contributed by atoms with van der Waals surface area (Å²) in [6, 6.07) is 0. The highest BCUT2D eigenvalue weighted by Crippen LogP contribution is 2.00. The van der Waals surface area contributed by atoms with Crippen LogP contribution in [0, 0.1) is 5.92 Å². The molecule has 0 aliphatic rings. The third-order valence-electron chi connectivity index (χ3n) is 1.99. The molecule has 0 aromatic carbocycles. The lowest BCUT2D eigenvalue weighted by atomic mass is 10.2. The van der Waals surface area contributed by atoms with Crippen LogP contribution in [0.2, 0.25) is 0 Å². The number of aliphatic hydroxyl groups excluding tert-OH is 2. The van der Waals surface area contributed by atoms with Crippen LogP contribution in [0.25, 0.3) is 0 Å². The summed E-state index contributed by atoms with van der Waals surface area (Å²) >= 11 is 0. The van der Waals surface area contributed by atoms with Crippen LogP contribution in [0.4, 0.5) is 0 Å². The molecule has 18 heavy (non-hydrogen) atoms. The van der Waals surface area contributed by atoms with Gasteiger partial charge in [-0.15, -0.1) is 0 Å². The van der Waals surface area contributed by atoms with Gasteiger partial charge in [0, 0.05) is 6.61 Å². The predicted octanol–water partition coefficient (Wildman–Crippen LogP) is 0.822. The van der Waals surface area contributed by atoms with Crippen LogP contribution in [-0.2, 0) is 14.2 Å². The number of aliphatic hydroxyl groups is 2. The Morgan fingerprint density at radius 2 is 1.22 bits per heavy atom. The van der Waals surface area contributed by atoms with Gasteiger partial charge in [0.15, 0.2) is 0 Å². The zero-order valence-electron chi connectivity index (χ0n) is 12.0. The van der Waals surface area contributed by atoms with Crippen molar-refractivity contribution in [2.24, 2.45) is 5.92 Å². The molecule has 2 N–H and O–H groups in total. The summed E-state index contributed by atoms with van der Waals surface area (Å²) in [4.78, 5) is 0. The van der Waals surface area contributed by atoms with Crippen molar-refractivity contribution in [1.29, 1.82) is 0 Å². The molecule has 0 aromatic heterocycles. The van der Waals surface area contributed by atoms with Crippen LogP contribution >= 0.6 is 0 Å². The van der Waals surface area contributed by atoms with E-state index in [0.717, 1.165) is 0 Å². The van der Waals surface area contributed by atoms with Crippen molar-refractivity contribution < 1.29 is 24.4 Å². The molecule has 0 fully saturated rings. The van der Waals surface area contributed by atoms with Crippen LogP contribution < -0.4 is 0 Å². The van der Waals surface area contributed by atoms with E-state index in [-0.39, 0.29) is 19.3 Å². The average molecular weight is 264 g/mol. The van der Waals surface area contributed by atoms with Crippen LogP contribution in [0.1, 0.15) is 27.7 Å². The van der Waals surface area contributed by atoms with Crippen molar-refractivity contribution >= 4 is 0 Å². The molecule has 0 aromatic rings. The van der Waals surface area contributed by atoms with Crippen molar-refractivity contribution in [2.75, 3.05) is 33.0 Å². The van der Waals surface area contributed by atoms with E-state index < -0.39 is 12.2 Å². The second-order valence-electron chi connectivity index (χ2n) is 5.12. The van der Waals surface area contributed by atoms with Gasteiger partial charge >= 0.3 is 0 Å². The standard InChI is InChI=1S/C13H28O5/c1-10(2)5-16-8-13(18-7-12(4)15)9-17-6-11(3)14/h10-15H,5-9H2,1-4H3. The van der Waals surface area contributed by atoms with E-state index in [1.807, 2.05) is 0 Å². The van der Waals surface area contributed by atoms with Gasteiger partial charge in [0.1, 0.15) is 6.10 Å². The molecule has 0 saturated heterocycles. The minimum absolute atomic E-state index is 0.211. The molecule has 0 heterocycles. The van der Waals surface area contributed by atoms with E-state index in [1.54, 1.807) is 13.8 Å². The number of hydrogen-bond donors (Lipinski definition) is 2. The van der Waals surface area contributed by atoms with Crippen molar-refractivity contribution in [3.63, 3.8) is 0 Å². The fourth-order valence-corrected chi connectivity index (χ4v) is 1.22. The first-order chi connectivity index (χ1) is 8.41. The molecule has 5 nitrogen and oxygen atoms in total. The summed E-state index contributed by atoms with van der Waals surface area (Å²) in [5.74, 6) is 0.473. The van der Waals surface area contributed by atoms with Gasteiger partial charge in [-0.3, -0.25) is 0 Å². The van der Waals surface area contributed by atoms with Gasteiger partial charge in [-0.05, 0) is 19.8 Å². The maximum Gasteiger partial charge on any atom is 0.104 e. The van der Waals surface area contributed by atoms with Crippen LogP contribution in [0.5, 0.6) is 0 Å². The fourth-order valence-electron chi connectivity index (χ4n) is 1.22. The first kappa shape index (κ1) is 17.8. The lowest BCUT2D eigenvalue weighted by Crippen LogP contribution is -2.30. The molecule has 0 amide bonds. The van der Waals surface area contributed by atoms with E-state index in [1.165, 1.54) is 0 Å². The monoisotopic (exact) mass is 264 g/mol. The summed E-state index contributed by atoms with van der Waals surface area (Å²) in [6.07, 6.45) is -1.20. The van der Waals surface area contributed by atoms with Crippen LogP contribution in [0.3, 0.4) is 0 Å². The van der Waals surface area contributed by atoms with Gasteiger partial charge in [0.05, 0.1) is 38.6 Å². The largest absolute Gasteiger partial charge is 0.391 e. The highest BCUT2D eigenvalue weighted by atomic mass is 16.6. The van der Waals surface area contributed by atoms with Crippen molar-refractivity contribution in [2.45, 2.75) is 46.0 Å². The van der Waals surface area contributed by atoms with E-state index in [9.17, 15) is 5.11 Å². The number of ether oxygens (including phenoxy) is 3. The average Bonchev–Trinajstić information content (AvgIpc) is 2.24. The molecule has 3 unspecified atom stereocenters. The third-order valence-corrected chi connectivity index (χ3v) is 1.99. The number of hydrogen-bond acceptors (Lipinski definition) is 5. The molecule has 0 bridgehead atoms. The third kappa shape index (κ3) is 12.3. The topological polar surface area (TPSA) is 68.2 Å². The quantitative estimate of drug-likeness (QED) is 0.578. The minimum Gasteiger partial charge on any atom is -0.391 e. The van der Waals surface area contributed by atoms with Crippen molar-refractivity contribution in [3.05, 3.63) is 0 Å². The molecule has 0 aliphatic carbocycles. The fraction of sp³-hybridized carbons (Fsp3) is 1.00. The summed E-state index contributed by atoms with van der Waals surface area (Å²) in [6.45, 7) is 9.49. The van der Waals surface area contributed by atoms with Crippen LogP contribution in [0.15, 0.2) is 0 Å². The Hall–Kier alpha value is -0.200. The normalized spacial score (nSPS) is 16.8. The summed E-state index contributed by atoms with van der Waals surface area (Å²) in [5.41, 5.74) is 0. The zero-order valence-corrected chi connectivity index (χ0v) is 12.0. The Bertz CT molecular complexity index is 168. The lowest BCUT2D eigenvalue weighted by Gasteiger charge is -2.20. The Labute approximate surface area is 110 Å². The molecule has 0 saturated carbocycles. The van der Waals surface area contributed by atoms with Gasteiger partial charge in [-0.25, -0.2) is 0 Å². The maximum atomic E-state index is 9.18. The number of rotatable bonds is 11. The van der Waals surface area contributed by atoms with E-state index in [4.69, 9.17) is 19.3 Å².